The zero-order valence-electron chi connectivity index (χ0n) is 9.24. The fourth-order valence-corrected chi connectivity index (χ4v) is 1.46. The third kappa shape index (κ3) is 3.58. The number of hydrogen-bond acceptors (Lipinski definition) is 6. The highest BCUT2D eigenvalue weighted by molar-refractivity contribution is 9.10. The van der Waals surface area contributed by atoms with Gasteiger partial charge in [-0.15, -0.1) is 0 Å². The maximum Gasteiger partial charge on any atom is 0.233 e. The average molecular weight is 291 g/mol. The van der Waals surface area contributed by atoms with Crippen LogP contribution in [0, 0.1) is 0 Å². The van der Waals surface area contributed by atoms with Gasteiger partial charge in [0.05, 0.1) is 6.61 Å². The van der Waals surface area contributed by atoms with Crippen molar-refractivity contribution in [3.63, 3.8) is 0 Å². The lowest BCUT2D eigenvalue weighted by Crippen LogP contribution is -2.20. The molecule has 1 rings (SSSR count). The molecule has 7 heteroatoms. The number of nitrogens with one attached hydrogen (secondary N) is 1. The van der Waals surface area contributed by atoms with E-state index >= 15 is 0 Å². The predicted molar refractivity (Wildman–Crippen MR) is 64.1 cm³/mol. The second kappa shape index (κ2) is 6.62. The SMILES string of the molecule is CCOCC(C)Oc1ncnc(NN)c1Br. The molecule has 1 atom stereocenters. The number of rotatable bonds is 6. The highest BCUT2D eigenvalue weighted by atomic mass is 79.9. The van der Waals surface area contributed by atoms with Crippen molar-refractivity contribution < 1.29 is 9.47 Å². The molecule has 0 aliphatic carbocycles. The van der Waals surface area contributed by atoms with Gasteiger partial charge in [-0.1, -0.05) is 0 Å². The molecule has 0 aliphatic rings. The first-order valence-corrected chi connectivity index (χ1v) is 5.69. The minimum Gasteiger partial charge on any atom is -0.471 e. The summed E-state index contributed by atoms with van der Waals surface area (Å²) in [7, 11) is 0. The number of aromatic nitrogens is 2. The molecular formula is C9H15BrN4O2. The molecule has 0 aliphatic heterocycles. The van der Waals surface area contributed by atoms with Crippen LogP contribution in [0.4, 0.5) is 5.82 Å². The number of nitrogen functional groups attached to an aromatic ring is 1. The van der Waals surface area contributed by atoms with Crippen LogP contribution in [-0.4, -0.2) is 29.3 Å². The molecule has 6 nitrogen and oxygen atoms in total. The highest BCUT2D eigenvalue weighted by Gasteiger charge is 2.12. The topological polar surface area (TPSA) is 82.3 Å². The Morgan fingerprint density at radius 1 is 1.56 bits per heavy atom. The fourth-order valence-electron chi connectivity index (χ4n) is 1.04. The monoisotopic (exact) mass is 290 g/mol. The van der Waals surface area contributed by atoms with Crippen LogP contribution < -0.4 is 16.0 Å². The van der Waals surface area contributed by atoms with Gasteiger partial charge in [-0.25, -0.2) is 15.8 Å². The summed E-state index contributed by atoms with van der Waals surface area (Å²) in [5.41, 5.74) is 2.44. The second-order valence-electron chi connectivity index (χ2n) is 3.07. The Morgan fingerprint density at radius 2 is 2.31 bits per heavy atom. The van der Waals surface area contributed by atoms with Crippen molar-refractivity contribution in [3.8, 4) is 5.88 Å². The minimum atomic E-state index is -0.0863. The molecule has 16 heavy (non-hydrogen) atoms. The molecule has 1 aromatic heterocycles. The Kier molecular flexibility index (Phi) is 5.44. The zero-order chi connectivity index (χ0) is 12.0. The van der Waals surface area contributed by atoms with Crippen molar-refractivity contribution in [2.75, 3.05) is 18.6 Å². The van der Waals surface area contributed by atoms with Gasteiger partial charge in [0, 0.05) is 6.61 Å². The van der Waals surface area contributed by atoms with Crippen LogP contribution in [0.5, 0.6) is 5.88 Å². The molecule has 0 radical (unpaired) electrons. The number of halogens is 1. The maximum atomic E-state index is 5.57. The number of hydrogen-bond donors (Lipinski definition) is 2. The number of ether oxygens (including phenoxy) is 2. The third-order valence-corrected chi connectivity index (χ3v) is 2.48. The van der Waals surface area contributed by atoms with E-state index in [1.54, 1.807) is 0 Å². The molecule has 0 spiro atoms. The number of anilines is 1. The van der Waals surface area contributed by atoms with Gasteiger partial charge in [0.25, 0.3) is 0 Å². The van der Waals surface area contributed by atoms with Crippen LogP contribution in [0.2, 0.25) is 0 Å². The molecule has 0 fully saturated rings. The summed E-state index contributed by atoms with van der Waals surface area (Å²) in [4.78, 5) is 7.93. The number of nitrogens with two attached hydrogens (primary N) is 1. The predicted octanol–water partition coefficient (Wildman–Crippen LogP) is 1.33. The molecular weight excluding hydrogens is 276 g/mol. The van der Waals surface area contributed by atoms with Crippen molar-refractivity contribution in [1.82, 2.24) is 9.97 Å². The van der Waals surface area contributed by atoms with E-state index in [4.69, 9.17) is 15.3 Å². The van der Waals surface area contributed by atoms with Gasteiger partial charge in [0.2, 0.25) is 5.88 Å². The van der Waals surface area contributed by atoms with Crippen molar-refractivity contribution in [1.29, 1.82) is 0 Å². The lowest BCUT2D eigenvalue weighted by atomic mass is 10.4. The number of nitrogens with zero attached hydrogens (tertiary/aromatic N) is 2. The Bertz CT molecular complexity index is 337. The molecule has 90 valence electrons. The van der Waals surface area contributed by atoms with Crippen molar-refractivity contribution in [2.24, 2.45) is 5.84 Å². The summed E-state index contributed by atoms with van der Waals surface area (Å²) in [6, 6.07) is 0. The summed E-state index contributed by atoms with van der Waals surface area (Å²) in [5, 5.41) is 0. The zero-order valence-corrected chi connectivity index (χ0v) is 10.8. The van der Waals surface area contributed by atoms with Crippen LogP contribution in [0.25, 0.3) is 0 Å². The van der Waals surface area contributed by atoms with E-state index in [0.29, 0.717) is 29.4 Å². The summed E-state index contributed by atoms with van der Waals surface area (Å²) >= 11 is 3.30. The highest BCUT2D eigenvalue weighted by Crippen LogP contribution is 2.28. The fraction of sp³-hybridized carbons (Fsp3) is 0.556. The van der Waals surface area contributed by atoms with Crippen molar-refractivity contribution >= 4 is 21.7 Å². The molecule has 0 aromatic carbocycles. The largest absolute Gasteiger partial charge is 0.471 e. The summed E-state index contributed by atoms with van der Waals surface area (Å²) in [6.45, 7) is 5.01. The van der Waals surface area contributed by atoms with E-state index in [1.807, 2.05) is 13.8 Å². The maximum absolute atomic E-state index is 5.57. The van der Waals surface area contributed by atoms with Gasteiger partial charge in [0.15, 0.2) is 5.82 Å². The molecule has 0 saturated carbocycles. The van der Waals surface area contributed by atoms with E-state index in [2.05, 4.69) is 31.3 Å². The van der Waals surface area contributed by atoms with Gasteiger partial charge in [0.1, 0.15) is 16.9 Å². The van der Waals surface area contributed by atoms with E-state index in [9.17, 15) is 0 Å². The molecule has 0 amide bonds. The summed E-state index contributed by atoms with van der Waals surface area (Å²) in [6.07, 6.45) is 1.29. The average Bonchev–Trinajstić information content (AvgIpc) is 2.29. The lowest BCUT2D eigenvalue weighted by molar-refractivity contribution is 0.0629. The Hall–Kier alpha value is -0.920. The first-order chi connectivity index (χ1) is 7.69. The first kappa shape index (κ1) is 13.1. The number of hydrazine groups is 1. The second-order valence-corrected chi connectivity index (χ2v) is 3.87. The van der Waals surface area contributed by atoms with Crippen molar-refractivity contribution in [2.45, 2.75) is 20.0 Å². The van der Waals surface area contributed by atoms with Gasteiger partial charge in [-0.05, 0) is 29.8 Å². The summed E-state index contributed by atoms with van der Waals surface area (Å²) < 4.78 is 11.4. The Labute approximate surface area is 103 Å². The minimum absolute atomic E-state index is 0.0863. The van der Waals surface area contributed by atoms with Crippen molar-refractivity contribution in [3.05, 3.63) is 10.8 Å². The lowest BCUT2D eigenvalue weighted by Gasteiger charge is -2.15. The van der Waals surface area contributed by atoms with Gasteiger partial charge >= 0.3 is 0 Å². The molecule has 3 N–H and O–H groups in total. The molecule has 1 heterocycles. The van der Waals surface area contributed by atoms with E-state index in [0.717, 1.165) is 0 Å². The van der Waals surface area contributed by atoms with Crippen LogP contribution >= 0.6 is 15.9 Å². The van der Waals surface area contributed by atoms with Gasteiger partial charge < -0.3 is 14.9 Å². The van der Waals surface area contributed by atoms with E-state index in [-0.39, 0.29) is 6.10 Å². The summed E-state index contributed by atoms with van der Waals surface area (Å²) in [5.74, 6) is 6.20. The van der Waals surface area contributed by atoms with Crippen LogP contribution in [0.1, 0.15) is 13.8 Å². The molecule has 0 bridgehead atoms. The van der Waals surface area contributed by atoms with E-state index in [1.165, 1.54) is 6.33 Å². The normalized spacial score (nSPS) is 12.2. The van der Waals surface area contributed by atoms with Gasteiger partial charge in [-0.2, -0.15) is 0 Å². The standard InChI is InChI=1S/C9H15BrN4O2/c1-3-15-4-6(2)16-9-7(10)8(14-11)12-5-13-9/h5-6H,3-4,11H2,1-2H3,(H,12,13,14). The smallest absolute Gasteiger partial charge is 0.233 e. The van der Waals surface area contributed by atoms with Crippen LogP contribution in [-0.2, 0) is 4.74 Å². The Morgan fingerprint density at radius 3 is 2.94 bits per heavy atom. The third-order valence-electron chi connectivity index (χ3n) is 1.76. The molecule has 0 saturated heterocycles. The Balaban J connectivity index is 2.66. The van der Waals surface area contributed by atoms with Crippen LogP contribution in [0.3, 0.4) is 0 Å². The molecule has 1 aromatic rings. The molecule has 1 unspecified atom stereocenters. The van der Waals surface area contributed by atoms with Crippen LogP contribution in [0.15, 0.2) is 10.8 Å². The first-order valence-electron chi connectivity index (χ1n) is 4.90. The van der Waals surface area contributed by atoms with Gasteiger partial charge in [-0.3, -0.25) is 0 Å². The van der Waals surface area contributed by atoms with E-state index < -0.39 is 0 Å². The quantitative estimate of drug-likeness (QED) is 0.608.